The summed E-state index contributed by atoms with van der Waals surface area (Å²) in [4.78, 5) is 0. The van der Waals surface area contributed by atoms with Gasteiger partial charge in [-0.25, -0.2) is 4.39 Å². The van der Waals surface area contributed by atoms with Crippen LogP contribution in [0.1, 0.15) is 25.3 Å². The molecule has 0 aliphatic carbocycles. The van der Waals surface area contributed by atoms with Gasteiger partial charge in [0, 0.05) is 11.3 Å². The number of methoxy groups -OCH3 is 1. The molecular formula is C11H14ClFO. The van der Waals surface area contributed by atoms with E-state index < -0.39 is 0 Å². The van der Waals surface area contributed by atoms with Crippen LogP contribution in [0.15, 0.2) is 18.2 Å². The number of benzene rings is 1. The molecule has 0 saturated heterocycles. The zero-order valence-corrected chi connectivity index (χ0v) is 9.31. The van der Waals surface area contributed by atoms with E-state index in [-0.39, 0.29) is 22.9 Å². The fourth-order valence-corrected chi connectivity index (χ4v) is 1.42. The quantitative estimate of drug-likeness (QED) is 0.702. The molecule has 0 aliphatic rings. The van der Waals surface area contributed by atoms with Gasteiger partial charge in [0.05, 0.1) is 7.11 Å². The van der Waals surface area contributed by atoms with E-state index in [1.807, 2.05) is 13.8 Å². The standard InChI is InChI=1S/C11H14ClFO/c1-7(8(2)12)9-5-4-6-10(14-3)11(9)13/h4-8H,1-3H3. The highest BCUT2D eigenvalue weighted by Crippen LogP contribution is 2.29. The van der Waals surface area contributed by atoms with Crippen LogP contribution in [0, 0.1) is 5.82 Å². The molecule has 14 heavy (non-hydrogen) atoms. The second-order valence-corrected chi connectivity index (χ2v) is 4.02. The first-order valence-electron chi connectivity index (χ1n) is 4.54. The highest BCUT2D eigenvalue weighted by atomic mass is 35.5. The molecule has 78 valence electrons. The summed E-state index contributed by atoms with van der Waals surface area (Å²) >= 11 is 5.92. The molecule has 0 N–H and O–H groups in total. The van der Waals surface area contributed by atoms with Gasteiger partial charge in [0.25, 0.3) is 0 Å². The molecule has 1 aromatic carbocycles. The summed E-state index contributed by atoms with van der Waals surface area (Å²) in [6.45, 7) is 3.75. The Morgan fingerprint density at radius 1 is 1.36 bits per heavy atom. The van der Waals surface area contributed by atoms with Gasteiger partial charge < -0.3 is 4.74 Å². The third-order valence-electron chi connectivity index (χ3n) is 2.39. The third kappa shape index (κ3) is 2.18. The van der Waals surface area contributed by atoms with Gasteiger partial charge in [-0.15, -0.1) is 11.6 Å². The summed E-state index contributed by atoms with van der Waals surface area (Å²) in [5, 5.41) is -0.100. The molecule has 0 aromatic heterocycles. The lowest BCUT2D eigenvalue weighted by Gasteiger charge is -2.16. The second kappa shape index (κ2) is 4.65. The highest BCUT2D eigenvalue weighted by molar-refractivity contribution is 6.20. The molecule has 0 amide bonds. The van der Waals surface area contributed by atoms with E-state index >= 15 is 0 Å². The lowest BCUT2D eigenvalue weighted by Crippen LogP contribution is -2.07. The van der Waals surface area contributed by atoms with Crippen LogP contribution in [0.4, 0.5) is 4.39 Å². The number of hydrogen-bond acceptors (Lipinski definition) is 1. The first-order chi connectivity index (χ1) is 6.57. The zero-order valence-electron chi connectivity index (χ0n) is 8.55. The van der Waals surface area contributed by atoms with Crippen LogP contribution in [0.2, 0.25) is 0 Å². The van der Waals surface area contributed by atoms with Crippen molar-refractivity contribution in [2.24, 2.45) is 0 Å². The fraction of sp³-hybridized carbons (Fsp3) is 0.455. The second-order valence-electron chi connectivity index (χ2n) is 3.33. The van der Waals surface area contributed by atoms with E-state index in [0.29, 0.717) is 5.56 Å². The predicted octanol–water partition coefficient (Wildman–Crippen LogP) is 3.57. The van der Waals surface area contributed by atoms with Crippen molar-refractivity contribution in [2.45, 2.75) is 25.1 Å². The summed E-state index contributed by atoms with van der Waals surface area (Å²) in [5.41, 5.74) is 0.604. The highest BCUT2D eigenvalue weighted by Gasteiger charge is 2.18. The number of rotatable bonds is 3. The summed E-state index contributed by atoms with van der Waals surface area (Å²) in [5.74, 6) is -0.0616. The molecule has 0 fully saturated rings. The Bertz CT molecular complexity index is 312. The molecular weight excluding hydrogens is 203 g/mol. The van der Waals surface area contributed by atoms with Gasteiger partial charge in [-0.2, -0.15) is 0 Å². The summed E-state index contributed by atoms with van der Waals surface area (Å²) in [6, 6.07) is 5.11. The minimum Gasteiger partial charge on any atom is -0.494 e. The lowest BCUT2D eigenvalue weighted by atomic mass is 9.97. The number of halogens is 2. The zero-order chi connectivity index (χ0) is 10.7. The molecule has 0 heterocycles. The van der Waals surface area contributed by atoms with Crippen molar-refractivity contribution in [3.8, 4) is 5.75 Å². The van der Waals surface area contributed by atoms with Gasteiger partial charge in [0.2, 0.25) is 0 Å². The predicted molar refractivity (Wildman–Crippen MR) is 56.7 cm³/mol. The van der Waals surface area contributed by atoms with E-state index in [2.05, 4.69) is 0 Å². The number of alkyl halides is 1. The van der Waals surface area contributed by atoms with Crippen molar-refractivity contribution in [1.82, 2.24) is 0 Å². The smallest absolute Gasteiger partial charge is 0.168 e. The Kier molecular flexibility index (Phi) is 3.76. The van der Waals surface area contributed by atoms with E-state index in [4.69, 9.17) is 16.3 Å². The normalized spacial score (nSPS) is 14.9. The first-order valence-corrected chi connectivity index (χ1v) is 4.98. The van der Waals surface area contributed by atoms with Crippen LogP contribution in [-0.2, 0) is 0 Å². The molecule has 3 heteroatoms. The molecule has 0 radical (unpaired) electrons. The van der Waals surface area contributed by atoms with Crippen LogP contribution in [0.5, 0.6) is 5.75 Å². The Labute approximate surface area is 88.8 Å². The molecule has 0 aliphatic heterocycles. The SMILES string of the molecule is COc1cccc(C(C)C(C)Cl)c1F. The monoisotopic (exact) mass is 216 g/mol. The Morgan fingerprint density at radius 2 is 2.00 bits per heavy atom. The average Bonchev–Trinajstić information content (AvgIpc) is 2.17. The van der Waals surface area contributed by atoms with Crippen molar-refractivity contribution >= 4 is 11.6 Å². The molecule has 0 saturated carbocycles. The summed E-state index contributed by atoms with van der Waals surface area (Å²) < 4.78 is 18.6. The van der Waals surface area contributed by atoms with Crippen LogP contribution in [0.3, 0.4) is 0 Å². The number of ether oxygens (including phenoxy) is 1. The topological polar surface area (TPSA) is 9.23 Å². The van der Waals surface area contributed by atoms with E-state index in [1.165, 1.54) is 7.11 Å². The van der Waals surface area contributed by atoms with Gasteiger partial charge in [0.1, 0.15) is 0 Å². The largest absolute Gasteiger partial charge is 0.494 e. The van der Waals surface area contributed by atoms with Crippen LogP contribution >= 0.6 is 11.6 Å². The van der Waals surface area contributed by atoms with Crippen molar-refractivity contribution in [3.63, 3.8) is 0 Å². The Balaban J connectivity index is 3.09. The summed E-state index contributed by atoms with van der Waals surface area (Å²) in [6.07, 6.45) is 0. The first kappa shape index (κ1) is 11.3. The van der Waals surface area contributed by atoms with Gasteiger partial charge in [-0.3, -0.25) is 0 Å². The van der Waals surface area contributed by atoms with Crippen molar-refractivity contribution < 1.29 is 9.13 Å². The Morgan fingerprint density at radius 3 is 2.50 bits per heavy atom. The van der Waals surface area contributed by atoms with Gasteiger partial charge >= 0.3 is 0 Å². The maximum atomic E-state index is 13.7. The molecule has 1 nitrogen and oxygen atoms in total. The maximum Gasteiger partial charge on any atom is 0.168 e. The van der Waals surface area contributed by atoms with E-state index in [0.717, 1.165) is 0 Å². The van der Waals surface area contributed by atoms with Crippen molar-refractivity contribution in [3.05, 3.63) is 29.6 Å². The maximum absolute atomic E-state index is 13.7. The third-order valence-corrected chi connectivity index (χ3v) is 2.77. The molecule has 1 aromatic rings. The van der Waals surface area contributed by atoms with Crippen LogP contribution in [-0.4, -0.2) is 12.5 Å². The fourth-order valence-electron chi connectivity index (χ4n) is 1.28. The van der Waals surface area contributed by atoms with Crippen molar-refractivity contribution in [1.29, 1.82) is 0 Å². The Hall–Kier alpha value is -0.760. The minimum atomic E-state index is -0.310. The number of hydrogen-bond donors (Lipinski definition) is 0. The van der Waals surface area contributed by atoms with E-state index in [1.54, 1.807) is 18.2 Å². The molecule has 1 rings (SSSR count). The van der Waals surface area contributed by atoms with Crippen molar-refractivity contribution in [2.75, 3.05) is 7.11 Å². The van der Waals surface area contributed by atoms with E-state index in [9.17, 15) is 4.39 Å². The van der Waals surface area contributed by atoms with Crippen LogP contribution < -0.4 is 4.74 Å². The molecule has 0 spiro atoms. The molecule has 0 bridgehead atoms. The van der Waals surface area contributed by atoms with Gasteiger partial charge in [-0.1, -0.05) is 19.1 Å². The lowest BCUT2D eigenvalue weighted by molar-refractivity contribution is 0.382. The summed E-state index contributed by atoms with van der Waals surface area (Å²) in [7, 11) is 1.46. The molecule has 2 atom stereocenters. The minimum absolute atomic E-state index is 0.0215. The van der Waals surface area contributed by atoms with Gasteiger partial charge in [0.15, 0.2) is 11.6 Å². The van der Waals surface area contributed by atoms with Crippen LogP contribution in [0.25, 0.3) is 0 Å². The molecule has 2 unspecified atom stereocenters. The van der Waals surface area contributed by atoms with Gasteiger partial charge in [-0.05, 0) is 18.6 Å². The average molecular weight is 217 g/mol.